The number of ether oxygens (including phenoxy) is 2. The summed E-state index contributed by atoms with van der Waals surface area (Å²) in [6, 6.07) is 9.53. The number of hydrazine groups is 1. The Morgan fingerprint density at radius 2 is 1.57 bits per heavy atom. The summed E-state index contributed by atoms with van der Waals surface area (Å²) in [4.78, 5) is 64.5. The van der Waals surface area contributed by atoms with Crippen LogP contribution in [0.2, 0.25) is 10.0 Å². The van der Waals surface area contributed by atoms with Gasteiger partial charge in [0.2, 0.25) is 11.8 Å². The molecule has 294 valence electrons. The lowest BCUT2D eigenvalue weighted by molar-refractivity contribution is -0.144. The zero-order valence-corrected chi connectivity index (χ0v) is 31.8. The number of hydrogen-bond donors (Lipinski definition) is 2. The van der Waals surface area contributed by atoms with Crippen molar-refractivity contribution in [2.75, 3.05) is 19.6 Å². The number of phenolic OH excluding ortho intramolecular Hbond substituents is 1. The number of alkyl halides is 3. The van der Waals surface area contributed by atoms with Crippen LogP contribution in [0.5, 0.6) is 17.2 Å². The first-order valence-electron chi connectivity index (χ1n) is 18.4. The third-order valence-corrected chi connectivity index (χ3v) is 12.9. The molecule has 3 aliphatic carbocycles. The maximum Gasteiger partial charge on any atom is 0.417 e. The van der Waals surface area contributed by atoms with Crippen molar-refractivity contribution in [2.24, 2.45) is 23.7 Å². The molecule has 16 heteroatoms. The van der Waals surface area contributed by atoms with Crippen LogP contribution in [0.4, 0.5) is 19.0 Å². The molecular weight excluding hydrogens is 776 g/mol. The fraction of sp³-hybridized carbons (Fsp3) is 0.425. The number of carbonyl (C=O) groups is 4. The fourth-order valence-corrected chi connectivity index (χ4v) is 10.4. The standard InChI is InChI=1S/C40H37Cl2F3N4O7/c1-55-29-15-23(50)16-30(56-2)32(29)33-24-12-13-25-31(37(53)48(35(25)51)22-6-4-3-5-7-22)26(24)17-27-36(52)49(38(54)39(27,33)19-8-10-21(41)11-9-19)47-34-28(42)14-20(18-46-34)40(43,44)45/h8-12,14-16,18,22,25-27,31,33,50H,3-7,13,17H2,1-2H3,(H,46,47)/t25-,26+,27-,31-,33+,39+/m0/s1. The minimum atomic E-state index is -4.76. The normalized spacial score (nSPS) is 27.8. The smallest absolute Gasteiger partial charge is 0.417 e. The number of rotatable bonds is 7. The summed E-state index contributed by atoms with van der Waals surface area (Å²) in [6.07, 6.45) is 2.06. The van der Waals surface area contributed by atoms with Gasteiger partial charge in [0.15, 0.2) is 5.82 Å². The number of fused-ring (bicyclic) bond motifs is 4. The first-order valence-corrected chi connectivity index (χ1v) is 19.1. The number of benzene rings is 2. The predicted octanol–water partition coefficient (Wildman–Crippen LogP) is 7.45. The second-order valence-electron chi connectivity index (χ2n) is 15.0. The number of anilines is 1. The highest BCUT2D eigenvalue weighted by Crippen LogP contribution is 2.66. The molecule has 2 aromatic carbocycles. The van der Waals surface area contributed by atoms with E-state index in [4.69, 9.17) is 32.7 Å². The molecular formula is C40H37Cl2F3N4O7. The van der Waals surface area contributed by atoms with Gasteiger partial charge in [0.1, 0.15) is 17.2 Å². The van der Waals surface area contributed by atoms with E-state index in [9.17, 15) is 32.7 Å². The van der Waals surface area contributed by atoms with Crippen LogP contribution < -0.4 is 14.9 Å². The SMILES string of the molecule is COc1cc(O)cc(OC)c1[C@H]1C2=CC[C@@H]3C(=O)N(C4CCCCC4)C(=O)[C@@H]3[C@@H]2C[C@H]2C(=O)N(Nc3ncc(C(F)(F)F)cc3Cl)C(=O)[C@@]12c1ccc(Cl)cc1. The van der Waals surface area contributed by atoms with Gasteiger partial charge in [0, 0.05) is 40.9 Å². The third-order valence-electron chi connectivity index (χ3n) is 12.3. The summed E-state index contributed by atoms with van der Waals surface area (Å²) in [5.41, 5.74) is 0.949. The highest BCUT2D eigenvalue weighted by Gasteiger charge is 2.71. The first kappa shape index (κ1) is 38.1. The molecule has 56 heavy (non-hydrogen) atoms. The summed E-state index contributed by atoms with van der Waals surface area (Å²) in [5.74, 6) is -6.99. The molecule has 3 heterocycles. The molecule has 0 bridgehead atoms. The van der Waals surface area contributed by atoms with Crippen molar-refractivity contribution < 1.29 is 46.9 Å². The topological polar surface area (TPSA) is 138 Å². The highest BCUT2D eigenvalue weighted by molar-refractivity contribution is 6.33. The van der Waals surface area contributed by atoms with E-state index < -0.39 is 63.6 Å². The molecule has 3 aromatic rings. The molecule has 2 saturated carbocycles. The lowest BCUT2D eigenvalue weighted by Gasteiger charge is -2.51. The number of allylic oxidation sites excluding steroid dienone is 2. The Balaban J connectivity index is 1.34. The molecule has 2 saturated heterocycles. The van der Waals surface area contributed by atoms with Gasteiger partial charge in [0.05, 0.1) is 48.0 Å². The number of likely N-dealkylation sites (tertiary alicyclic amines) is 1. The molecule has 6 atom stereocenters. The number of aromatic hydroxyl groups is 1. The molecule has 8 rings (SSSR count). The van der Waals surface area contributed by atoms with Crippen LogP contribution in [0.1, 0.15) is 67.6 Å². The van der Waals surface area contributed by atoms with Crippen molar-refractivity contribution >= 4 is 52.6 Å². The molecule has 2 N–H and O–H groups in total. The molecule has 4 fully saturated rings. The first-order chi connectivity index (χ1) is 26.7. The summed E-state index contributed by atoms with van der Waals surface area (Å²) >= 11 is 12.7. The number of imide groups is 2. The van der Waals surface area contributed by atoms with Crippen molar-refractivity contribution in [1.29, 1.82) is 0 Å². The summed E-state index contributed by atoms with van der Waals surface area (Å²) in [6.45, 7) is 0. The Bertz CT molecular complexity index is 2150. The molecule has 2 aliphatic heterocycles. The Morgan fingerprint density at radius 3 is 2.18 bits per heavy atom. The van der Waals surface area contributed by atoms with Crippen LogP contribution in [0.3, 0.4) is 0 Å². The Morgan fingerprint density at radius 1 is 0.911 bits per heavy atom. The minimum absolute atomic E-state index is 0.0384. The molecule has 0 radical (unpaired) electrons. The van der Waals surface area contributed by atoms with Gasteiger partial charge in [-0.05, 0) is 55.4 Å². The molecule has 5 aliphatic rings. The zero-order valence-electron chi connectivity index (χ0n) is 30.2. The number of carbonyl (C=O) groups excluding carboxylic acids is 4. The van der Waals surface area contributed by atoms with Crippen LogP contribution >= 0.6 is 23.2 Å². The number of methoxy groups -OCH3 is 2. The van der Waals surface area contributed by atoms with E-state index in [-0.39, 0.29) is 53.8 Å². The van der Waals surface area contributed by atoms with E-state index in [0.29, 0.717) is 46.8 Å². The second-order valence-corrected chi connectivity index (χ2v) is 15.9. The number of amides is 4. The molecule has 1 aromatic heterocycles. The largest absolute Gasteiger partial charge is 0.508 e. The van der Waals surface area contributed by atoms with Crippen LogP contribution in [0.15, 0.2) is 60.3 Å². The van der Waals surface area contributed by atoms with E-state index in [1.54, 1.807) is 24.3 Å². The highest BCUT2D eigenvalue weighted by atomic mass is 35.5. The Hall–Kier alpha value is -4.82. The lowest BCUT2D eigenvalue weighted by atomic mass is 9.49. The van der Waals surface area contributed by atoms with Crippen molar-refractivity contribution in [2.45, 2.75) is 68.5 Å². The van der Waals surface area contributed by atoms with Crippen molar-refractivity contribution in [1.82, 2.24) is 14.9 Å². The number of phenols is 1. The molecule has 11 nitrogen and oxygen atoms in total. The zero-order chi connectivity index (χ0) is 39.8. The van der Waals surface area contributed by atoms with Gasteiger partial charge in [-0.2, -0.15) is 18.2 Å². The fourth-order valence-electron chi connectivity index (χ4n) is 10.0. The Labute approximate surface area is 329 Å². The number of nitrogens with zero attached hydrogens (tertiary/aromatic N) is 3. The van der Waals surface area contributed by atoms with E-state index in [1.807, 2.05) is 6.08 Å². The van der Waals surface area contributed by atoms with Crippen LogP contribution in [-0.4, -0.2) is 63.9 Å². The second kappa shape index (κ2) is 14.0. The molecule has 4 amide bonds. The van der Waals surface area contributed by atoms with E-state index in [2.05, 4.69) is 10.4 Å². The number of pyridine rings is 1. The van der Waals surface area contributed by atoms with Gasteiger partial charge < -0.3 is 14.6 Å². The summed E-state index contributed by atoms with van der Waals surface area (Å²) in [5, 5.41) is 11.3. The van der Waals surface area contributed by atoms with E-state index in [1.165, 1.54) is 31.3 Å². The summed E-state index contributed by atoms with van der Waals surface area (Å²) < 4.78 is 52.3. The number of halogens is 5. The average molecular weight is 814 g/mol. The molecule has 0 unspecified atom stereocenters. The van der Waals surface area contributed by atoms with Crippen LogP contribution in [0.25, 0.3) is 0 Å². The molecule has 0 spiro atoms. The lowest BCUT2D eigenvalue weighted by Crippen LogP contribution is -2.53. The summed E-state index contributed by atoms with van der Waals surface area (Å²) in [7, 11) is 2.76. The van der Waals surface area contributed by atoms with E-state index >= 15 is 4.79 Å². The predicted molar refractivity (Wildman–Crippen MR) is 197 cm³/mol. The van der Waals surface area contributed by atoms with Crippen LogP contribution in [0, 0.1) is 23.7 Å². The van der Waals surface area contributed by atoms with Crippen LogP contribution in [-0.2, 0) is 30.8 Å². The minimum Gasteiger partial charge on any atom is -0.508 e. The van der Waals surface area contributed by atoms with Gasteiger partial charge in [-0.1, -0.05) is 66.2 Å². The van der Waals surface area contributed by atoms with Gasteiger partial charge in [-0.3, -0.25) is 29.5 Å². The maximum absolute atomic E-state index is 15.5. The quantitative estimate of drug-likeness (QED) is 0.184. The number of nitrogens with one attached hydrogen (secondary N) is 1. The van der Waals surface area contributed by atoms with Crippen molar-refractivity contribution in [3.05, 3.63) is 87.0 Å². The van der Waals surface area contributed by atoms with Gasteiger partial charge in [-0.25, -0.2) is 4.98 Å². The number of hydrogen-bond acceptors (Lipinski definition) is 9. The van der Waals surface area contributed by atoms with Crippen molar-refractivity contribution in [3.63, 3.8) is 0 Å². The van der Waals surface area contributed by atoms with Gasteiger partial charge in [0.25, 0.3) is 11.8 Å². The van der Waals surface area contributed by atoms with Crippen molar-refractivity contribution in [3.8, 4) is 17.2 Å². The monoisotopic (exact) mass is 812 g/mol. The Kier molecular flexibility index (Phi) is 9.50. The van der Waals surface area contributed by atoms with Gasteiger partial charge in [-0.15, -0.1) is 0 Å². The maximum atomic E-state index is 15.5. The third kappa shape index (κ3) is 5.73. The average Bonchev–Trinajstić information content (AvgIpc) is 3.56. The van der Waals surface area contributed by atoms with E-state index in [0.717, 1.165) is 24.3 Å². The van der Waals surface area contributed by atoms with Gasteiger partial charge >= 0.3 is 6.18 Å². The number of aromatic nitrogens is 1.